The van der Waals surface area contributed by atoms with E-state index in [-0.39, 0.29) is 10.7 Å². The van der Waals surface area contributed by atoms with Crippen LogP contribution in [0.2, 0.25) is 0 Å². The number of para-hydroxylation sites is 2. The molecule has 7 heteroatoms. The van der Waals surface area contributed by atoms with Crippen LogP contribution in [0.4, 0.5) is 34.1 Å². The second-order valence-corrected chi connectivity index (χ2v) is 23.1. The molecule has 2 unspecified atom stereocenters. The molecule has 0 aliphatic carbocycles. The molecule has 0 saturated heterocycles. The number of allylic oxidation sites excluding steroid dienone is 2. The average molecular weight is 762 g/mol. The summed E-state index contributed by atoms with van der Waals surface area (Å²) < 4.78 is 9.28. The molecule has 0 bridgehead atoms. The second-order valence-electron chi connectivity index (χ2n) is 12.7. The Labute approximate surface area is 262 Å². The summed E-state index contributed by atoms with van der Waals surface area (Å²) in [6.07, 6.45) is 2.26. The standard InChI is InChI=1S/C37H28BN5.Po/c1-24(39)20-25(2)40-26-16-18-30-28-10-4-6-12-32(28)38-33-13-7-5-11-29(33)31-19-17-27(22-37(31)43(38)36(30)21-26)42-23-41(3)34-14-8-9-15-35(34)42;/h4-20,23,40H,1-3H3;/q-1;+1. The van der Waals surface area contributed by atoms with Crippen LogP contribution in [-0.4, -0.2) is 44.3 Å². The van der Waals surface area contributed by atoms with Crippen molar-refractivity contribution in [3.63, 3.8) is 0 Å². The zero-order valence-corrected chi connectivity index (χ0v) is 27.8. The van der Waals surface area contributed by atoms with Gasteiger partial charge in [-0.3, -0.25) is 0 Å². The summed E-state index contributed by atoms with van der Waals surface area (Å²) in [6, 6.07) is 36.7. The number of benzene rings is 5. The van der Waals surface area contributed by atoms with Gasteiger partial charge in [0.25, 0.3) is 0 Å². The predicted octanol–water partition coefficient (Wildman–Crippen LogP) is 5.22. The molecular weight excluding hydrogens is 734 g/mol. The summed E-state index contributed by atoms with van der Waals surface area (Å²) in [5.74, 6) is 0. The molecule has 0 radical (unpaired) electrons. The van der Waals surface area contributed by atoms with Gasteiger partial charge in [-0.15, -0.1) is 0 Å². The molecular formula is C37H28BN5Po. The van der Waals surface area contributed by atoms with Gasteiger partial charge >= 0.3 is 264 Å². The van der Waals surface area contributed by atoms with Gasteiger partial charge in [0.1, 0.15) is 0 Å². The van der Waals surface area contributed by atoms with Crippen molar-refractivity contribution in [3.8, 4) is 22.3 Å². The van der Waals surface area contributed by atoms with Gasteiger partial charge in [-0.1, -0.05) is 0 Å². The first-order valence-electron chi connectivity index (χ1n) is 15.3. The van der Waals surface area contributed by atoms with E-state index in [9.17, 15) is 0 Å². The number of hydrogen-bond acceptors (Lipinski definition) is 5. The van der Waals surface area contributed by atoms with Crippen LogP contribution < -0.4 is 37.3 Å². The molecule has 11 rings (SSSR count). The molecule has 6 aliphatic heterocycles. The van der Waals surface area contributed by atoms with Gasteiger partial charge in [0.15, 0.2) is 0 Å². The molecule has 6 heterocycles. The molecule has 0 fully saturated rings. The van der Waals surface area contributed by atoms with E-state index in [0.29, 0.717) is 0 Å². The van der Waals surface area contributed by atoms with Crippen LogP contribution in [0.1, 0.15) is 13.8 Å². The normalized spacial score (nSPS) is 23.1. The Kier molecular flexibility index (Phi) is 4.28. The predicted molar refractivity (Wildman–Crippen MR) is 187 cm³/mol. The Balaban J connectivity index is 1.40. The fourth-order valence-electron chi connectivity index (χ4n) is 9.01. The molecule has 2 atom stereocenters. The van der Waals surface area contributed by atoms with Crippen LogP contribution in [0.25, 0.3) is 22.3 Å². The number of nitrogens with zero attached hydrogens (tertiary/aromatic N) is 4. The van der Waals surface area contributed by atoms with Crippen molar-refractivity contribution in [1.82, 2.24) is 0 Å². The first kappa shape index (κ1) is 24.0. The van der Waals surface area contributed by atoms with Gasteiger partial charge in [-0.05, 0) is 0 Å². The summed E-state index contributed by atoms with van der Waals surface area (Å²) in [7, 11) is 2.31. The van der Waals surface area contributed by atoms with Crippen molar-refractivity contribution in [2.24, 2.45) is 2.89 Å². The van der Waals surface area contributed by atoms with Crippen LogP contribution in [0.15, 0.2) is 112 Å². The summed E-state index contributed by atoms with van der Waals surface area (Å²) in [6.45, 7) is 4.50. The fraction of sp³-hybridized carbons (Fsp3) is 0.108. The monoisotopic (exact) mass is 762 g/mol. The van der Waals surface area contributed by atoms with E-state index < -0.39 is 20.9 Å². The van der Waals surface area contributed by atoms with Crippen molar-refractivity contribution in [3.05, 3.63) is 109 Å². The van der Waals surface area contributed by atoms with E-state index in [0.717, 1.165) is 11.4 Å². The number of nitrogens with one attached hydrogen (secondary N) is 1. The van der Waals surface area contributed by atoms with Crippen molar-refractivity contribution < 1.29 is 0 Å². The third-order valence-electron chi connectivity index (χ3n) is 10.4. The van der Waals surface area contributed by atoms with Crippen molar-refractivity contribution in [1.29, 1.82) is 0 Å². The van der Waals surface area contributed by atoms with E-state index in [1.807, 2.05) is 0 Å². The Morgan fingerprint density at radius 1 is 0.682 bits per heavy atom. The van der Waals surface area contributed by atoms with E-state index >= 15 is 0 Å². The molecule has 5 aromatic carbocycles. The van der Waals surface area contributed by atoms with Gasteiger partial charge in [0.05, 0.1) is 0 Å². The SMILES string of the molecule is CC1=CC(C)=[N][Po]23[c]4c(ccc5c4N4B(c6ccccc6-5)c5ccccc5-c5ccc([c]2c54)N2c4ccccc4N(C)[CH]23)N1. The molecule has 5 nitrogen and oxygen atoms in total. The average Bonchev–Trinajstić information content (AvgIpc) is 3.50. The number of fused-ring (bicyclic) bond motifs is 10. The molecule has 0 saturated carbocycles. The van der Waals surface area contributed by atoms with Crippen molar-refractivity contribution >= 4 is 84.9 Å². The third kappa shape index (κ3) is 2.52. The maximum absolute atomic E-state index is 6.11. The minimum atomic E-state index is -4.07. The molecule has 0 amide bonds. The Morgan fingerprint density at radius 2 is 1.32 bits per heavy atom. The number of rotatable bonds is 0. The maximum atomic E-state index is 6.11. The zero-order valence-electron chi connectivity index (χ0n) is 24.7. The second kappa shape index (κ2) is 7.84. The first-order valence-corrected chi connectivity index (χ1v) is 21.8. The minimum absolute atomic E-state index is 0.108. The van der Waals surface area contributed by atoms with Gasteiger partial charge < -0.3 is 0 Å². The first-order chi connectivity index (χ1) is 21.6. The Morgan fingerprint density at radius 3 is 2.07 bits per heavy atom. The molecule has 5 aromatic rings. The van der Waals surface area contributed by atoms with Crippen molar-refractivity contribution in [2.75, 3.05) is 27.0 Å². The fourth-order valence-corrected chi connectivity index (χ4v) is 26.3. The quantitative estimate of drug-likeness (QED) is 0.220. The summed E-state index contributed by atoms with van der Waals surface area (Å²) in [5.41, 5.74) is 18.4. The van der Waals surface area contributed by atoms with Crippen molar-refractivity contribution in [2.45, 2.75) is 17.7 Å². The van der Waals surface area contributed by atoms with E-state index in [4.69, 9.17) is 2.89 Å². The van der Waals surface area contributed by atoms with Gasteiger partial charge in [0.2, 0.25) is 0 Å². The molecule has 210 valence electrons. The Hall–Kier alpha value is -4.33. The Bertz CT molecular complexity index is 2260. The van der Waals surface area contributed by atoms with Gasteiger partial charge in [-0.25, -0.2) is 0 Å². The van der Waals surface area contributed by atoms with Gasteiger partial charge in [0, 0.05) is 0 Å². The van der Waals surface area contributed by atoms with Crippen LogP contribution in [0.3, 0.4) is 0 Å². The summed E-state index contributed by atoms with van der Waals surface area (Å²) in [4.78, 5) is 7.97. The van der Waals surface area contributed by atoms with Crippen LogP contribution >= 0.6 is 0 Å². The number of hydrogen-bond donors (Lipinski definition) is 1. The molecule has 44 heavy (non-hydrogen) atoms. The van der Waals surface area contributed by atoms with Crippen LogP contribution in [0, 0.1) is 0 Å². The van der Waals surface area contributed by atoms with E-state index in [2.05, 4.69) is 144 Å². The third-order valence-corrected chi connectivity index (χ3v) is 25.0. The van der Waals surface area contributed by atoms with Crippen LogP contribution in [0.5, 0.6) is 0 Å². The van der Waals surface area contributed by atoms with Gasteiger partial charge in [-0.2, -0.15) is 0 Å². The topological polar surface area (TPSA) is 34.1 Å². The molecule has 1 N–H and O–H groups in total. The molecule has 1 spiro atoms. The van der Waals surface area contributed by atoms with Crippen LogP contribution in [-0.2, 0) is 0 Å². The van der Waals surface area contributed by atoms with E-state index in [1.165, 1.54) is 73.7 Å². The zero-order chi connectivity index (χ0) is 29.1. The summed E-state index contributed by atoms with van der Waals surface area (Å²) >= 11 is -4.07. The van der Waals surface area contributed by atoms with E-state index in [1.54, 1.807) is 0 Å². The molecule has 6 aliphatic rings. The molecule has 0 aromatic heterocycles. The number of anilines is 6. The summed E-state index contributed by atoms with van der Waals surface area (Å²) in [5, 5.41) is 3.92.